The molecule has 0 aromatic carbocycles. The number of nitrogens with one attached hydrogen (secondary N) is 2. The number of carbonyl (C=O) groups is 1. The first-order valence-electron chi connectivity index (χ1n) is 7.54. The Bertz CT molecular complexity index is 338. The van der Waals surface area contributed by atoms with E-state index in [1.165, 1.54) is 38.5 Å². The van der Waals surface area contributed by atoms with Gasteiger partial charge in [0.1, 0.15) is 0 Å². The summed E-state index contributed by atoms with van der Waals surface area (Å²) in [5.74, 6) is 1.96. The highest BCUT2D eigenvalue weighted by atomic mass is 16.1. The van der Waals surface area contributed by atoms with Crippen molar-refractivity contribution >= 4 is 5.91 Å². The lowest BCUT2D eigenvalue weighted by Gasteiger charge is -2.62. The Balaban J connectivity index is 1.82. The highest BCUT2D eigenvalue weighted by molar-refractivity contribution is 5.76. The molecule has 2 atom stereocenters. The molecule has 4 bridgehead atoms. The van der Waals surface area contributed by atoms with Crippen molar-refractivity contribution in [1.82, 2.24) is 10.6 Å². The van der Waals surface area contributed by atoms with Crippen molar-refractivity contribution < 1.29 is 4.79 Å². The molecular weight excluding hydrogens is 224 g/mol. The molecule has 4 saturated carbocycles. The van der Waals surface area contributed by atoms with Gasteiger partial charge in [-0.25, -0.2) is 0 Å². The van der Waals surface area contributed by atoms with E-state index in [1.54, 1.807) is 0 Å². The Morgan fingerprint density at radius 1 is 1.22 bits per heavy atom. The molecule has 4 rings (SSSR count). The summed E-state index contributed by atoms with van der Waals surface area (Å²) < 4.78 is 0. The topological polar surface area (TPSA) is 41.1 Å². The van der Waals surface area contributed by atoms with Crippen molar-refractivity contribution in [3.8, 4) is 0 Å². The monoisotopic (exact) mass is 250 g/mol. The smallest absolute Gasteiger partial charge is 0.220 e. The fourth-order valence-electron chi connectivity index (χ4n) is 5.56. The second kappa shape index (κ2) is 4.22. The van der Waals surface area contributed by atoms with Gasteiger partial charge >= 0.3 is 0 Å². The molecule has 0 aliphatic heterocycles. The zero-order valence-electron chi connectivity index (χ0n) is 11.7. The predicted molar refractivity (Wildman–Crippen MR) is 72.2 cm³/mol. The number of carbonyl (C=O) groups excluding carboxylic acids is 1. The predicted octanol–water partition coefficient (Wildman–Crippen LogP) is 2.07. The molecular formula is C15H26N2O. The van der Waals surface area contributed by atoms with E-state index in [1.807, 2.05) is 6.92 Å². The van der Waals surface area contributed by atoms with E-state index in [2.05, 4.69) is 17.7 Å². The van der Waals surface area contributed by atoms with Crippen molar-refractivity contribution in [3.63, 3.8) is 0 Å². The van der Waals surface area contributed by atoms with Crippen LogP contribution in [0.4, 0.5) is 0 Å². The molecule has 4 aliphatic rings. The molecule has 3 nitrogen and oxygen atoms in total. The summed E-state index contributed by atoms with van der Waals surface area (Å²) >= 11 is 0. The van der Waals surface area contributed by atoms with Gasteiger partial charge in [-0.2, -0.15) is 0 Å². The maximum absolute atomic E-state index is 11.8. The van der Waals surface area contributed by atoms with Crippen LogP contribution in [0.5, 0.6) is 0 Å². The van der Waals surface area contributed by atoms with Crippen LogP contribution in [-0.4, -0.2) is 25.0 Å². The molecule has 0 aromatic heterocycles. The molecule has 0 radical (unpaired) electrons. The summed E-state index contributed by atoms with van der Waals surface area (Å²) in [5.41, 5.74) is 0.619. The Labute approximate surface area is 110 Å². The summed E-state index contributed by atoms with van der Waals surface area (Å²) in [6.07, 6.45) is 8.48. The van der Waals surface area contributed by atoms with Crippen LogP contribution in [0.3, 0.4) is 0 Å². The SMILES string of the molecule is CCC(=O)NC12CC3CC(CC(CNC)(C3)C1)C2. The van der Waals surface area contributed by atoms with Crippen LogP contribution >= 0.6 is 0 Å². The molecule has 2 unspecified atom stereocenters. The molecule has 2 N–H and O–H groups in total. The quantitative estimate of drug-likeness (QED) is 0.802. The Morgan fingerprint density at radius 2 is 1.89 bits per heavy atom. The molecule has 0 heterocycles. The van der Waals surface area contributed by atoms with E-state index in [-0.39, 0.29) is 11.4 Å². The maximum atomic E-state index is 11.8. The maximum Gasteiger partial charge on any atom is 0.220 e. The highest BCUT2D eigenvalue weighted by Gasteiger charge is 2.57. The second-order valence-electron chi connectivity index (χ2n) is 7.17. The fraction of sp³-hybridized carbons (Fsp3) is 0.933. The molecule has 4 fully saturated rings. The number of amides is 1. The molecule has 3 heteroatoms. The minimum Gasteiger partial charge on any atom is -0.351 e. The summed E-state index contributed by atoms with van der Waals surface area (Å²) in [5, 5.41) is 6.79. The molecule has 4 aliphatic carbocycles. The summed E-state index contributed by atoms with van der Waals surface area (Å²) in [4.78, 5) is 11.8. The largest absolute Gasteiger partial charge is 0.351 e. The number of hydrogen-bond acceptors (Lipinski definition) is 2. The van der Waals surface area contributed by atoms with Crippen molar-refractivity contribution in [3.05, 3.63) is 0 Å². The van der Waals surface area contributed by atoms with E-state index >= 15 is 0 Å². The third-order valence-corrected chi connectivity index (χ3v) is 5.46. The van der Waals surface area contributed by atoms with Gasteiger partial charge in [0, 0.05) is 18.5 Å². The second-order valence-corrected chi connectivity index (χ2v) is 7.17. The van der Waals surface area contributed by atoms with Gasteiger partial charge in [-0.05, 0) is 62.8 Å². The van der Waals surface area contributed by atoms with Gasteiger partial charge in [-0.15, -0.1) is 0 Å². The standard InChI is InChI=1S/C15H26N2O/c1-3-13(18)17-15-7-11-4-12(8-15)6-14(5-11,9-15)10-16-2/h11-12,16H,3-10H2,1-2H3,(H,17,18). The summed E-state index contributed by atoms with van der Waals surface area (Å²) in [6.45, 7) is 3.09. The first-order chi connectivity index (χ1) is 8.59. The fourth-order valence-corrected chi connectivity index (χ4v) is 5.56. The zero-order chi connectivity index (χ0) is 12.8. The van der Waals surface area contributed by atoms with Crippen molar-refractivity contribution in [1.29, 1.82) is 0 Å². The van der Waals surface area contributed by atoms with Crippen LogP contribution in [0, 0.1) is 17.3 Å². The summed E-state index contributed by atoms with van der Waals surface area (Å²) in [7, 11) is 2.07. The van der Waals surface area contributed by atoms with Gasteiger partial charge in [-0.1, -0.05) is 6.92 Å². The van der Waals surface area contributed by atoms with Crippen molar-refractivity contribution in [2.24, 2.45) is 17.3 Å². The van der Waals surface area contributed by atoms with E-state index in [4.69, 9.17) is 0 Å². The van der Waals surface area contributed by atoms with Crippen LogP contribution in [0.15, 0.2) is 0 Å². The van der Waals surface area contributed by atoms with Crippen LogP contribution in [0.25, 0.3) is 0 Å². The lowest BCUT2D eigenvalue weighted by Crippen LogP contribution is -2.64. The van der Waals surface area contributed by atoms with Gasteiger partial charge in [-0.3, -0.25) is 4.79 Å². The van der Waals surface area contributed by atoms with Gasteiger partial charge < -0.3 is 10.6 Å². The van der Waals surface area contributed by atoms with Crippen LogP contribution in [0.1, 0.15) is 51.9 Å². The zero-order valence-corrected chi connectivity index (χ0v) is 11.7. The summed E-state index contributed by atoms with van der Waals surface area (Å²) in [6, 6.07) is 0. The van der Waals surface area contributed by atoms with E-state index in [0.717, 1.165) is 18.4 Å². The van der Waals surface area contributed by atoms with Crippen LogP contribution < -0.4 is 10.6 Å². The average Bonchev–Trinajstić information content (AvgIpc) is 2.26. The normalized spacial score (nSPS) is 45.2. The molecule has 102 valence electrons. The Hall–Kier alpha value is -0.570. The lowest BCUT2D eigenvalue weighted by atomic mass is 9.47. The van der Waals surface area contributed by atoms with Crippen LogP contribution in [0.2, 0.25) is 0 Å². The van der Waals surface area contributed by atoms with Crippen LogP contribution in [-0.2, 0) is 4.79 Å². The first-order valence-corrected chi connectivity index (χ1v) is 7.54. The van der Waals surface area contributed by atoms with E-state index < -0.39 is 0 Å². The van der Waals surface area contributed by atoms with Crippen molar-refractivity contribution in [2.75, 3.05) is 13.6 Å². The first kappa shape index (κ1) is 12.5. The number of rotatable bonds is 4. The molecule has 0 aromatic rings. The molecule has 0 saturated heterocycles. The Morgan fingerprint density at radius 3 is 2.44 bits per heavy atom. The lowest BCUT2D eigenvalue weighted by molar-refractivity contribution is -0.130. The van der Waals surface area contributed by atoms with Crippen molar-refractivity contribution in [2.45, 2.75) is 57.4 Å². The van der Waals surface area contributed by atoms with Gasteiger partial charge in [0.25, 0.3) is 0 Å². The third-order valence-electron chi connectivity index (χ3n) is 5.46. The molecule has 0 spiro atoms. The van der Waals surface area contributed by atoms with Gasteiger partial charge in [0.05, 0.1) is 0 Å². The van der Waals surface area contributed by atoms with Gasteiger partial charge in [0.2, 0.25) is 5.91 Å². The van der Waals surface area contributed by atoms with Gasteiger partial charge in [0.15, 0.2) is 0 Å². The minimum atomic E-state index is 0.147. The minimum absolute atomic E-state index is 0.147. The molecule has 1 amide bonds. The van der Waals surface area contributed by atoms with E-state index in [9.17, 15) is 4.79 Å². The highest BCUT2D eigenvalue weighted by Crippen LogP contribution is 2.61. The number of hydrogen-bond donors (Lipinski definition) is 2. The van der Waals surface area contributed by atoms with E-state index in [0.29, 0.717) is 11.8 Å². The Kier molecular flexibility index (Phi) is 2.92. The molecule has 18 heavy (non-hydrogen) atoms. The average molecular weight is 250 g/mol. The third kappa shape index (κ3) is 1.97.